The number of carbonyl (C=O) groups is 1. The van der Waals surface area contributed by atoms with Gasteiger partial charge in [0.2, 0.25) is 5.91 Å². The van der Waals surface area contributed by atoms with Gasteiger partial charge >= 0.3 is 6.30 Å². The Kier molecular flexibility index (Phi) is 5.60. The average molecular weight is 409 g/mol. The van der Waals surface area contributed by atoms with Crippen molar-refractivity contribution in [1.82, 2.24) is 14.8 Å². The van der Waals surface area contributed by atoms with Gasteiger partial charge in [-0.2, -0.15) is 9.78 Å². The highest BCUT2D eigenvalue weighted by Crippen LogP contribution is 2.31. The van der Waals surface area contributed by atoms with E-state index < -0.39 is 6.30 Å². The minimum atomic E-state index is -4.52. The molecule has 0 saturated carbocycles. The second-order valence-corrected chi connectivity index (χ2v) is 8.65. The molecule has 0 radical (unpaired) electrons. The molecule has 1 amide bonds. The van der Waals surface area contributed by atoms with E-state index in [1.54, 1.807) is 0 Å². The van der Waals surface area contributed by atoms with E-state index in [9.17, 15) is 18.0 Å². The molecular weight excluding hydrogens is 383 g/mol. The molecule has 0 saturated heterocycles. The van der Waals surface area contributed by atoms with E-state index in [1.807, 2.05) is 38.7 Å². The predicted octanol–water partition coefficient (Wildman–Crippen LogP) is 4.39. The van der Waals surface area contributed by atoms with Crippen LogP contribution in [0.2, 0.25) is 0 Å². The quantitative estimate of drug-likeness (QED) is 0.814. The third-order valence-corrected chi connectivity index (χ3v) is 4.66. The first-order valence-corrected chi connectivity index (χ1v) is 9.59. The van der Waals surface area contributed by atoms with Crippen LogP contribution in [0.5, 0.6) is 0 Å². The summed E-state index contributed by atoms with van der Waals surface area (Å²) in [6.07, 6.45) is -1.61. The Morgan fingerprint density at radius 1 is 1.28 bits per heavy atom. The van der Waals surface area contributed by atoms with Crippen LogP contribution in [0, 0.1) is 12.3 Å². The third-order valence-electron chi connectivity index (χ3n) is 4.66. The summed E-state index contributed by atoms with van der Waals surface area (Å²) in [4.78, 5) is 18.9. The minimum absolute atomic E-state index is 0.0184. The molecule has 0 atom stereocenters. The van der Waals surface area contributed by atoms with Gasteiger partial charge < -0.3 is 10.2 Å². The van der Waals surface area contributed by atoms with Gasteiger partial charge in [-0.1, -0.05) is 20.8 Å². The lowest BCUT2D eigenvalue weighted by molar-refractivity contribution is -0.212. The lowest BCUT2D eigenvalue weighted by atomic mass is 9.92. The summed E-state index contributed by atoms with van der Waals surface area (Å²) >= 11 is 0. The lowest BCUT2D eigenvalue weighted by Gasteiger charge is -2.31. The van der Waals surface area contributed by atoms with E-state index in [-0.39, 0.29) is 22.5 Å². The minimum Gasteiger partial charge on any atom is -0.364 e. The number of fused-ring (bicyclic) bond motifs is 1. The first-order chi connectivity index (χ1) is 13.4. The van der Waals surface area contributed by atoms with Crippen LogP contribution in [0.4, 0.5) is 24.7 Å². The molecule has 2 aromatic rings. The molecule has 158 valence electrons. The zero-order chi connectivity index (χ0) is 21.4. The van der Waals surface area contributed by atoms with E-state index in [1.165, 1.54) is 6.07 Å². The SMILES string of the molecule is Cc1cc2c(nc1NC(=O)CC(C)(C)C)CCCN2Cc1ccn(C(F)(F)F)n1. The van der Waals surface area contributed by atoms with Crippen LogP contribution >= 0.6 is 0 Å². The number of halogens is 3. The topological polar surface area (TPSA) is 63.1 Å². The number of alkyl halides is 3. The van der Waals surface area contributed by atoms with Crippen LogP contribution in [0.25, 0.3) is 0 Å². The second kappa shape index (κ2) is 7.68. The normalized spacial score (nSPS) is 14.7. The van der Waals surface area contributed by atoms with Crippen molar-refractivity contribution in [1.29, 1.82) is 0 Å². The Balaban J connectivity index is 1.78. The molecule has 6 nitrogen and oxygen atoms in total. The summed E-state index contributed by atoms with van der Waals surface area (Å²) in [7, 11) is 0. The van der Waals surface area contributed by atoms with Crippen molar-refractivity contribution in [2.24, 2.45) is 5.41 Å². The molecule has 3 rings (SSSR count). The van der Waals surface area contributed by atoms with Gasteiger partial charge in [0.15, 0.2) is 0 Å². The van der Waals surface area contributed by atoms with Gasteiger partial charge in [-0.05, 0) is 42.9 Å². The Bertz CT molecular complexity index is 898. The molecule has 0 aromatic carbocycles. The number of nitrogens with one attached hydrogen (secondary N) is 1. The Morgan fingerprint density at radius 2 is 2.00 bits per heavy atom. The van der Waals surface area contributed by atoms with E-state index in [2.05, 4.69) is 15.4 Å². The molecule has 3 heterocycles. The van der Waals surface area contributed by atoms with E-state index >= 15 is 0 Å². The molecule has 0 aliphatic carbocycles. The zero-order valence-electron chi connectivity index (χ0n) is 17.1. The van der Waals surface area contributed by atoms with Crippen molar-refractivity contribution < 1.29 is 18.0 Å². The van der Waals surface area contributed by atoms with Crippen molar-refractivity contribution in [2.75, 3.05) is 16.8 Å². The summed E-state index contributed by atoms with van der Waals surface area (Å²) in [5.74, 6) is 0.458. The van der Waals surface area contributed by atoms with Gasteiger partial charge in [-0.3, -0.25) is 4.79 Å². The van der Waals surface area contributed by atoms with E-state index in [0.717, 1.165) is 36.0 Å². The molecule has 1 N–H and O–H groups in total. The molecular formula is C20H26F3N5O. The van der Waals surface area contributed by atoms with E-state index in [4.69, 9.17) is 0 Å². The summed E-state index contributed by atoms with van der Waals surface area (Å²) < 4.78 is 38.3. The number of aromatic nitrogens is 3. The number of hydrogen-bond acceptors (Lipinski definition) is 4. The molecule has 0 fully saturated rings. The fraction of sp³-hybridized carbons (Fsp3) is 0.550. The number of pyridine rings is 1. The summed E-state index contributed by atoms with van der Waals surface area (Å²) in [6, 6.07) is 3.32. The van der Waals surface area contributed by atoms with E-state index in [0.29, 0.717) is 24.5 Å². The van der Waals surface area contributed by atoms with Crippen LogP contribution in [-0.2, 0) is 24.1 Å². The standard InChI is InChI=1S/C20H26F3N5O/c1-13-10-16-15(24-18(13)25-17(29)11-19(2,3)4)6-5-8-27(16)12-14-7-9-28(26-14)20(21,22)23/h7,9-10H,5-6,8,11-12H2,1-4H3,(H,24,25,29). The van der Waals surface area contributed by atoms with Crippen molar-refractivity contribution in [3.63, 3.8) is 0 Å². The predicted molar refractivity (Wildman–Crippen MR) is 105 cm³/mol. The lowest BCUT2D eigenvalue weighted by Crippen LogP contribution is -2.30. The van der Waals surface area contributed by atoms with Crippen molar-refractivity contribution in [2.45, 2.75) is 59.8 Å². The molecule has 0 spiro atoms. The summed E-state index contributed by atoms with van der Waals surface area (Å²) in [5.41, 5.74) is 2.75. The largest absolute Gasteiger partial charge is 0.504 e. The third kappa shape index (κ3) is 5.27. The number of nitrogens with zero attached hydrogens (tertiary/aromatic N) is 4. The van der Waals surface area contributed by atoms with Gasteiger partial charge in [-0.15, -0.1) is 13.2 Å². The highest BCUT2D eigenvalue weighted by atomic mass is 19.4. The Morgan fingerprint density at radius 3 is 2.62 bits per heavy atom. The van der Waals surface area contributed by atoms with Gasteiger partial charge in [0.1, 0.15) is 5.82 Å². The molecule has 9 heteroatoms. The van der Waals surface area contributed by atoms with Crippen LogP contribution < -0.4 is 10.2 Å². The molecule has 29 heavy (non-hydrogen) atoms. The molecule has 0 unspecified atom stereocenters. The van der Waals surface area contributed by atoms with Crippen LogP contribution in [0.15, 0.2) is 18.3 Å². The molecule has 1 aliphatic rings. The highest BCUT2D eigenvalue weighted by Gasteiger charge is 2.32. The zero-order valence-corrected chi connectivity index (χ0v) is 17.1. The van der Waals surface area contributed by atoms with Gasteiger partial charge in [0, 0.05) is 19.2 Å². The number of hydrogen-bond donors (Lipinski definition) is 1. The number of aryl methyl sites for hydroxylation is 2. The maximum absolute atomic E-state index is 12.8. The fourth-order valence-corrected chi connectivity index (χ4v) is 3.38. The monoisotopic (exact) mass is 409 g/mol. The molecule has 1 aliphatic heterocycles. The maximum atomic E-state index is 12.8. The van der Waals surface area contributed by atoms with Crippen molar-refractivity contribution in [3.8, 4) is 0 Å². The number of carbonyl (C=O) groups excluding carboxylic acids is 1. The van der Waals surface area contributed by atoms with Crippen LogP contribution in [0.3, 0.4) is 0 Å². The second-order valence-electron chi connectivity index (χ2n) is 8.65. The average Bonchev–Trinajstić information content (AvgIpc) is 3.03. The Hall–Kier alpha value is -2.58. The molecule has 0 bridgehead atoms. The van der Waals surface area contributed by atoms with Crippen molar-refractivity contribution in [3.05, 3.63) is 35.3 Å². The number of anilines is 2. The van der Waals surface area contributed by atoms with Gasteiger partial charge in [-0.25, -0.2) is 4.98 Å². The van der Waals surface area contributed by atoms with Gasteiger partial charge in [0.05, 0.1) is 23.6 Å². The van der Waals surface area contributed by atoms with Crippen LogP contribution in [0.1, 0.15) is 50.6 Å². The first kappa shape index (κ1) is 21.1. The first-order valence-electron chi connectivity index (χ1n) is 9.59. The maximum Gasteiger partial charge on any atom is 0.504 e. The summed E-state index contributed by atoms with van der Waals surface area (Å²) in [5, 5.41) is 6.53. The Labute approximate surface area is 168 Å². The number of amides is 1. The highest BCUT2D eigenvalue weighted by molar-refractivity contribution is 5.91. The van der Waals surface area contributed by atoms with Crippen LogP contribution in [-0.4, -0.2) is 27.2 Å². The molecule has 2 aromatic heterocycles. The van der Waals surface area contributed by atoms with Gasteiger partial charge in [0.25, 0.3) is 0 Å². The van der Waals surface area contributed by atoms with Crippen molar-refractivity contribution >= 4 is 17.4 Å². The number of rotatable bonds is 4. The smallest absolute Gasteiger partial charge is 0.364 e. The summed E-state index contributed by atoms with van der Waals surface area (Å²) in [6.45, 7) is 8.84. The fourth-order valence-electron chi connectivity index (χ4n) is 3.38.